The zero-order valence-corrected chi connectivity index (χ0v) is 13.8. The molecule has 6 heteroatoms. The summed E-state index contributed by atoms with van der Waals surface area (Å²) in [6.45, 7) is 2.00. The number of halogens is 1. The molecular weight excluding hydrogens is 318 g/mol. The second-order valence-electron chi connectivity index (χ2n) is 6.27. The van der Waals surface area contributed by atoms with Gasteiger partial charge in [0.1, 0.15) is 12.4 Å². The molecule has 1 fully saturated rings. The molecule has 1 aromatic rings. The van der Waals surface area contributed by atoms with Gasteiger partial charge in [0, 0.05) is 11.1 Å². The molecule has 1 heterocycles. The fraction of sp³-hybridized carbons (Fsp3) is 0.529. The molecule has 0 bridgehead atoms. The molecule has 1 aliphatic carbocycles. The highest BCUT2D eigenvalue weighted by molar-refractivity contribution is 6.30. The second kappa shape index (κ2) is 6.79. The van der Waals surface area contributed by atoms with Crippen molar-refractivity contribution in [3.05, 3.63) is 28.8 Å². The lowest BCUT2D eigenvalue weighted by Gasteiger charge is -2.24. The van der Waals surface area contributed by atoms with Gasteiger partial charge in [-0.15, -0.1) is 0 Å². The van der Waals surface area contributed by atoms with Crippen LogP contribution in [0, 0.1) is 11.8 Å². The number of fused-ring (bicyclic) bond motifs is 1. The molecule has 5 nitrogen and oxygen atoms in total. The van der Waals surface area contributed by atoms with Crippen LogP contribution in [0.1, 0.15) is 25.3 Å². The first-order valence-corrected chi connectivity index (χ1v) is 8.28. The van der Waals surface area contributed by atoms with Crippen LogP contribution in [0.15, 0.2) is 18.2 Å². The summed E-state index contributed by atoms with van der Waals surface area (Å²) in [5.41, 5.74) is 0.887. The number of amides is 1. The number of carbonyl (C=O) groups excluding carboxylic acids is 2. The normalized spacial score (nSPS) is 20.9. The molecule has 1 N–H and O–H groups in total. The van der Waals surface area contributed by atoms with Crippen molar-refractivity contribution in [3.63, 3.8) is 0 Å². The van der Waals surface area contributed by atoms with Gasteiger partial charge in [-0.1, -0.05) is 11.6 Å². The summed E-state index contributed by atoms with van der Waals surface area (Å²) in [5, 5.41) is 3.46. The van der Waals surface area contributed by atoms with Crippen LogP contribution in [0.3, 0.4) is 0 Å². The van der Waals surface area contributed by atoms with Gasteiger partial charge in [-0.2, -0.15) is 0 Å². The van der Waals surface area contributed by atoms with Crippen LogP contribution in [0.25, 0.3) is 0 Å². The Morgan fingerprint density at radius 3 is 2.96 bits per heavy atom. The highest BCUT2D eigenvalue weighted by Gasteiger charge is 2.30. The average Bonchev–Trinajstić information content (AvgIpc) is 3.36. The molecule has 1 aliphatic heterocycles. The van der Waals surface area contributed by atoms with Gasteiger partial charge in [0.25, 0.3) is 5.91 Å². The Morgan fingerprint density at radius 1 is 1.43 bits per heavy atom. The number of hydrogen-bond donors (Lipinski definition) is 1. The molecule has 0 aromatic heterocycles. The Kier molecular flexibility index (Phi) is 4.76. The zero-order valence-electron chi connectivity index (χ0n) is 13.0. The smallest absolute Gasteiger partial charge is 0.313 e. The summed E-state index contributed by atoms with van der Waals surface area (Å²) in [4.78, 5) is 23.9. The van der Waals surface area contributed by atoms with E-state index in [-0.39, 0.29) is 25.2 Å². The summed E-state index contributed by atoms with van der Waals surface area (Å²) in [6.07, 6.45) is 2.82. The summed E-state index contributed by atoms with van der Waals surface area (Å²) in [6, 6.07) is 5.49. The average molecular weight is 338 g/mol. The Balaban J connectivity index is 1.48. The fourth-order valence-electron chi connectivity index (χ4n) is 2.78. The van der Waals surface area contributed by atoms with Crippen molar-refractivity contribution in [1.29, 1.82) is 0 Å². The first-order valence-electron chi connectivity index (χ1n) is 7.90. The van der Waals surface area contributed by atoms with Crippen LogP contribution in [-0.2, 0) is 20.7 Å². The third kappa shape index (κ3) is 4.16. The molecule has 3 rings (SSSR count). The largest absolute Gasteiger partial charge is 0.492 e. The highest BCUT2D eigenvalue weighted by Crippen LogP contribution is 2.32. The van der Waals surface area contributed by atoms with Gasteiger partial charge in [-0.3, -0.25) is 9.59 Å². The molecule has 1 amide bonds. The van der Waals surface area contributed by atoms with Crippen molar-refractivity contribution in [1.82, 2.24) is 5.32 Å². The first-order chi connectivity index (χ1) is 11.0. The predicted molar refractivity (Wildman–Crippen MR) is 85.4 cm³/mol. The van der Waals surface area contributed by atoms with Crippen molar-refractivity contribution < 1.29 is 19.1 Å². The van der Waals surface area contributed by atoms with Gasteiger partial charge in [0.15, 0.2) is 6.61 Å². The van der Waals surface area contributed by atoms with Crippen LogP contribution in [0.4, 0.5) is 0 Å². The van der Waals surface area contributed by atoms with E-state index >= 15 is 0 Å². The third-order valence-electron chi connectivity index (χ3n) is 4.33. The quantitative estimate of drug-likeness (QED) is 0.838. The second-order valence-corrected chi connectivity index (χ2v) is 6.70. The molecule has 0 radical (unpaired) electrons. The van der Waals surface area contributed by atoms with Crippen molar-refractivity contribution >= 4 is 23.5 Å². The van der Waals surface area contributed by atoms with E-state index in [1.54, 1.807) is 18.2 Å². The maximum Gasteiger partial charge on any atom is 0.313 e. The van der Waals surface area contributed by atoms with Gasteiger partial charge in [-0.25, -0.2) is 0 Å². The molecule has 1 saturated carbocycles. The standard InChI is InChI=1S/C17H20ClNO4/c1-10(11-2-3-11)19-16(20)9-23-17(21)13-6-12-7-14(18)4-5-15(12)22-8-13/h4-5,7,10-11,13H,2-3,6,8-9H2,1H3,(H,19,20)/t10-,13+/m0/s1. The highest BCUT2D eigenvalue weighted by atomic mass is 35.5. The zero-order chi connectivity index (χ0) is 16.4. The maximum absolute atomic E-state index is 12.1. The van der Waals surface area contributed by atoms with Crippen LogP contribution in [-0.4, -0.2) is 31.1 Å². The fourth-order valence-corrected chi connectivity index (χ4v) is 2.97. The van der Waals surface area contributed by atoms with E-state index in [1.807, 2.05) is 6.92 Å². The lowest BCUT2D eigenvalue weighted by Crippen LogP contribution is -2.38. The summed E-state index contributed by atoms with van der Waals surface area (Å²) in [7, 11) is 0. The molecule has 0 spiro atoms. The molecule has 2 atom stereocenters. The Bertz CT molecular complexity index is 615. The van der Waals surface area contributed by atoms with Gasteiger partial charge in [0.2, 0.25) is 0 Å². The number of hydrogen-bond acceptors (Lipinski definition) is 4. The molecule has 124 valence electrons. The predicted octanol–water partition coefficient (Wildman–Crippen LogP) is 2.35. The van der Waals surface area contributed by atoms with E-state index in [9.17, 15) is 9.59 Å². The number of rotatable bonds is 5. The first kappa shape index (κ1) is 16.1. The van der Waals surface area contributed by atoms with Crippen molar-refractivity contribution in [2.45, 2.75) is 32.2 Å². The minimum absolute atomic E-state index is 0.147. The van der Waals surface area contributed by atoms with E-state index < -0.39 is 11.9 Å². The van der Waals surface area contributed by atoms with E-state index in [2.05, 4.69) is 5.32 Å². The molecule has 1 aromatic carbocycles. The van der Waals surface area contributed by atoms with Crippen LogP contribution in [0.5, 0.6) is 5.75 Å². The van der Waals surface area contributed by atoms with E-state index in [4.69, 9.17) is 21.1 Å². The van der Waals surface area contributed by atoms with Gasteiger partial charge in [-0.05, 0) is 55.9 Å². The van der Waals surface area contributed by atoms with E-state index in [0.717, 1.165) is 24.2 Å². The van der Waals surface area contributed by atoms with Crippen molar-refractivity contribution in [2.24, 2.45) is 11.8 Å². The Morgan fingerprint density at radius 2 is 2.22 bits per heavy atom. The number of carbonyl (C=O) groups is 2. The maximum atomic E-state index is 12.1. The SMILES string of the molecule is C[C@H](NC(=O)COC(=O)[C@H]1COc2ccc(Cl)cc2C1)C1CC1. The van der Waals surface area contributed by atoms with Crippen molar-refractivity contribution in [2.75, 3.05) is 13.2 Å². The number of esters is 1. The molecule has 0 unspecified atom stereocenters. The third-order valence-corrected chi connectivity index (χ3v) is 4.56. The van der Waals surface area contributed by atoms with E-state index in [1.165, 1.54) is 0 Å². The minimum atomic E-state index is -0.412. The summed E-state index contributed by atoms with van der Waals surface area (Å²) in [5.74, 6) is 0.245. The number of nitrogens with one attached hydrogen (secondary N) is 1. The molecule has 0 saturated heterocycles. The topological polar surface area (TPSA) is 64.6 Å². The van der Waals surface area contributed by atoms with Gasteiger partial charge in [0.05, 0.1) is 5.92 Å². The Hall–Kier alpha value is -1.75. The number of ether oxygens (including phenoxy) is 2. The monoisotopic (exact) mass is 337 g/mol. The van der Waals surface area contributed by atoms with Crippen LogP contribution in [0.2, 0.25) is 5.02 Å². The van der Waals surface area contributed by atoms with E-state index in [0.29, 0.717) is 17.4 Å². The van der Waals surface area contributed by atoms with Crippen LogP contribution >= 0.6 is 11.6 Å². The molecule has 2 aliphatic rings. The minimum Gasteiger partial charge on any atom is -0.492 e. The van der Waals surface area contributed by atoms with Crippen LogP contribution < -0.4 is 10.1 Å². The summed E-state index contributed by atoms with van der Waals surface area (Å²) >= 11 is 5.96. The Labute approximate surface area is 140 Å². The lowest BCUT2D eigenvalue weighted by molar-refractivity contribution is -0.154. The van der Waals surface area contributed by atoms with Gasteiger partial charge < -0.3 is 14.8 Å². The summed E-state index contributed by atoms with van der Waals surface area (Å²) < 4.78 is 10.7. The molecular formula is C17H20ClNO4. The van der Waals surface area contributed by atoms with Crippen molar-refractivity contribution in [3.8, 4) is 5.75 Å². The number of benzene rings is 1. The van der Waals surface area contributed by atoms with Gasteiger partial charge >= 0.3 is 5.97 Å². The lowest BCUT2D eigenvalue weighted by atomic mass is 9.97. The molecule has 23 heavy (non-hydrogen) atoms.